The number of rotatable bonds is 3. The van der Waals surface area contributed by atoms with Gasteiger partial charge in [0.2, 0.25) is 5.91 Å². The van der Waals surface area contributed by atoms with Crippen LogP contribution < -0.4 is 5.32 Å². The number of halogens is 1. The van der Waals surface area contributed by atoms with Crippen LogP contribution in [0.15, 0.2) is 24.3 Å². The lowest BCUT2D eigenvalue weighted by Gasteiger charge is -2.33. The zero-order chi connectivity index (χ0) is 13.8. The lowest BCUT2D eigenvalue weighted by atomic mass is 9.98. The number of benzene rings is 1. The second-order valence-corrected chi connectivity index (χ2v) is 5.73. The van der Waals surface area contributed by atoms with E-state index in [1.165, 1.54) is 11.1 Å². The maximum atomic E-state index is 12.4. The molecule has 20 heavy (non-hydrogen) atoms. The molecule has 0 saturated carbocycles. The second kappa shape index (κ2) is 7.65. The van der Waals surface area contributed by atoms with Crippen LogP contribution in [0.3, 0.4) is 0 Å². The van der Waals surface area contributed by atoms with Gasteiger partial charge < -0.3 is 10.2 Å². The smallest absolute Gasteiger partial charge is 0.225 e. The summed E-state index contributed by atoms with van der Waals surface area (Å²) < 4.78 is 0. The molecule has 0 bridgehead atoms. The van der Waals surface area contributed by atoms with Gasteiger partial charge in [0.15, 0.2) is 0 Å². The monoisotopic (exact) mass is 296 g/mol. The fourth-order valence-electron chi connectivity index (χ4n) is 2.61. The zero-order valence-electron chi connectivity index (χ0n) is 12.6. The molecule has 1 aliphatic heterocycles. The van der Waals surface area contributed by atoms with Crippen LogP contribution in [-0.4, -0.2) is 36.5 Å². The Balaban J connectivity index is 0.00000200. The molecule has 112 valence electrons. The topological polar surface area (TPSA) is 32.3 Å². The molecule has 1 heterocycles. The maximum Gasteiger partial charge on any atom is 0.225 e. The van der Waals surface area contributed by atoms with Gasteiger partial charge in [-0.25, -0.2) is 0 Å². The first kappa shape index (κ1) is 17.0. The van der Waals surface area contributed by atoms with Crippen LogP contribution >= 0.6 is 12.4 Å². The lowest BCUT2D eigenvalue weighted by Crippen LogP contribution is -2.52. The SMILES string of the molecule is Cc1ccc(CC(C)C(=O)N2CCN[C@H](C)C2)cc1.Cl. The van der Waals surface area contributed by atoms with Crippen LogP contribution in [0.2, 0.25) is 0 Å². The predicted octanol–water partition coefficient (Wildman–Crippen LogP) is 2.42. The van der Waals surface area contributed by atoms with Crippen LogP contribution in [-0.2, 0) is 11.2 Å². The van der Waals surface area contributed by atoms with Crippen molar-refractivity contribution in [1.29, 1.82) is 0 Å². The highest BCUT2D eigenvalue weighted by Gasteiger charge is 2.24. The van der Waals surface area contributed by atoms with Gasteiger partial charge in [-0.3, -0.25) is 4.79 Å². The first-order valence-electron chi connectivity index (χ1n) is 7.14. The van der Waals surface area contributed by atoms with Crippen molar-refractivity contribution in [1.82, 2.24) is 10.2 Å². The minimum absolute atomic E-state index is 0. The second-order valence-electron chi connectivity index (χ2n) is 5.73. The van der Waals surface area contributed by atoms with E-state index in [2.05, 4.69) is 43.4 Å². The van der Waals surface area contributed by atoms with Crippen molar-refractivity contribution in [2.75, 3.05) is 19.6 Å². The van der Waals surface area contributed by atoms with Crippen molar-refractivity contribution in [2.45, 2.75) is 33.2 Å². The first-order chi connectivity index (χ1) is 9.06. The molecule has 0 radical (unpaired) electrons. The molecule has 0 aliphatic carbocycles. The summed E-state index contributed by atoms with van der Waals surface area (Å²) in [5.74, 6) is 0.349. The van der Waals surface area contributed by atoms with E-state index in [1.807, 2.05) is 11.8 Å². The molecule has 1 amide bonds. The summed E-state index contributed by atoms with van der Waals surface area (Å²) in [6, 6.07) is 8.88. The van der Waals surface area contributed by atoms with Crippen LogP contribution in [0.1, 0.15) is 25.0 Å². The number of nitrogens with one attached hydrogen (secondary N) is 1. The molecular formula is C16H25ClN2O. The molecule has 2 atom stereocenters. The zero-order valence-corrected chi connectivity index (χ0v) is 13.4. The van der Waals surface area contributed by atoms with Crippen LogP contribution in [0, 0.1) is 12.8 Å². The third-order valence-electron chi connectivity index (χ3n) is 3.76. The quantitative estimate of drug-likeness (QED) is 0.929. The molecule has 0 spiro atoms. The number of amides is 1. The molecule has 1 aromatic rings. The van der Waals surface area contributed by atoms with E-state index >= 15 is 0 Å². The summed E-state index contributed by atoms with van der Waals surface area (Å²) in [6.07, 6.45) is 0.831. The van der Waals surface area contributed by atoms with Crippen molar-refractivity contribution < 1.29 is 4.79 Å². The molecule has 1 aromatic carbocycles. The molecule has 0 aromatic heterocycles. The number of piperazine rings is 1. The minimum atomic E-state index is 0. The highest BCUT2D eigenvalue weighted by atomic mass is 35.5. The van der Waals surface area contributed by atoms with E-state index in [0.717, 1.165) is 26.1 Å². The lowest BCUT2D eigenvalue weighted by molar-refractivity contribution is -0.136. The van der Waals surface area contributed by atoms with Crippen molar-refractivity contribution >= 4 is 18.3 Å². The molecular weight excluding hydrogens is 272 g/mol. The van der Waals surface area contributed by atoms with Gasteiger partial charge in [-0.1, -0.05) is 36.8 Å². The van der Waals surface area contributed by atoms with Crippen molar-refractivity contribution in [3.63, 3.8) is 0 Å². The minimum Gasteiger partial charge on any atom is -0.340 e. The summed E-state index contributed by atoms with van der Waals surface area (Å²) in [5, 5.41) is 3.37. The normalized spacial score (nSPS) is 20.1. The van der Waals surface area contributed by atoms with E-state index in [-0.39, 0.29) is 24.2 Å². The van der Waals surface area contributed by atoms with Gasteiger partial charge in [-0.05, 0) is 25.8 Å². The Morgan fingerprint density at radius 1 is 1.40 bits per heavy atom. The number of carbonyl (C=O) groups is 1. The summed E-state index contributed by atoms with van der Waals surface area (Å²) >= 11 is 0. The van der Waals surface area contributed by atoms with E-state index in [1.54, 1.807) is 0 Å². The third-order valence-corrected chi connectivity index (χ3v) is 3.76. The number of carbonyl (C=O) groups excluding carboxylic acids is 1. The maximum absolute atomic E-state index is 12.4. The Morgan fingerprint density at radius 2 is 2.05 bits per heavy atom. The van der Waals surface area contributed by atoms with Crippen LogP contribution in [0.4, 0.5) is 0 Å². The standard InChI is InChI=1S/C16H24N2O.ClH/c1-12-4-6-15(7-5-12)10-13(2)16(19)18-9-8-17-14(3)11-18;/h4-7,13-14,17H,8-11H2,1-3H3;1H/t13?,14-;/m1./s1. The van der Waals surface area contributed by atoms with Gasteiger partial charge in [0.25, 0.3) is 0 Å². The van der Waals surface area contributed by atoms with E-state index < -0.39 is 0 Å². The van der Waals surface area contributed by atoms with Gasteiger partial charge in [0, 0.05) is 31.6 Å². The number of nitrogens with zero attached hydrogens (tertiary/aromatic N) is 1. The summed E-state index contributed by atoms with van der Waals surface area (Å²) in [5.41, 5.74) is 2.51. The van der Waals surface area contributed by atoms with E-state index in [9.17, 15) is 4.79 Å². The third kappa shape index (κ3) is 4.50. The van der Waals surface area contributed by atoms with Gasteiger partial charge in [0.1, 0.15) is 0 Å². The van der Waals surface area contributed by atoms with E-state index in [4.69, 9.17) is 0 Å². The highest BCUT2D eigenvalue weighted by molar-refractivity contribution is 5.85. The molecule has 2 rings (SSSR count). The number of hydrogen-bond acceptors (Lipinski definition) is 2. The molecule has 1 saturated heterocycles. The number of hydrogen-bond donors (Lipinski definition) is 1. The van der Waals surface area contributed by atoms with Crippen LogP contribution in [0.5, 0.6) is 0 Å². The Morgan fingerprint density at radius 3 is 2.65 bits per heavy atom. The van der Waals surface area contributed by atoms with E-state index in [0.29, 0.717) is 6.04 Å². The Labute approximate surface area is 128 Å². The number of aryl methyl sites for hydroxylation is 1. The van der Waals surface area contributed by atoms with Crippen molar-refractivity contribution in [3.8, 4) is 0 Å². The Hall–Kier alpha value is -1.06. The van der Waals surface area contributed by atoms with Crippen molar-refractivity contribution in [3.05, 3.63) is 35.4 Å². The highest BCUT2D eigenvalue weighted by Crippen LogP contribution is 2.13. The first-order valence-corrected chi connectivity index (χ1v) is 7.14. The molecule has 1 aliphatic rings. The Kier molecular flexibility index (Phi) is 6.50. The predicted molar refractivity (Wildman–Crippen MR) is 85.3 cm³/mol. The largest absolute Gasteiger partial charge is 0.340 e. The van der Waals surface area contributed by atoms with Crippen LogP contribution in [0.25, 0.3) is 0 Å². The fraction of sp³-hybridized carbons (Fsp3) is 0.562. The van der Waals surface area contributed by atoms with Gasteiger partial charge >= 0.3 is 0 Å². The van der Waals surface area contributed by atoms with Gasteiger partial charge in [0.05, 0.1) is 0 Å². The molecule has 1 unspecified atom stereocenters. The summed E-state index contributed by atoms with van der Waals surface area (Å²) in [6.45, 7) is 8.82. The average Bonchev–Trinajstić information content (AvgIpc) is 2.40. The van der Waals surface area contributed by atoms with Crippen molar-refractivity contribution in [2.24, 2.45) is 5.92 Å². The molecule has 3 nitrogen and oxygen atoms in total. The van der Waals surface area contributed by atoms with Gasteiger partial charge in [-0.15, -0.1) is 12.4 Å². The average molecular weight is 297 g/mol. The van der Waals surface area contributed by atoms with Gasteiger partial charge in [-0.2, -0.15) is 0 Å². The Bertz CT molecular complexity index is 433. The fourth-order valence-corrected chi connectivity index (χ4v) is 2.61. The molecule has 4 heteroatoms. The molecule has 1 fully saturated rings. The molecule has 1 N–H and O–H groups in total. The summed E-state index contributed by atoms with van der Waals surface area (Å²) in [4.78, 5) is 14.4. The summed E-state index contributed by atoms with van der Waals surface area (Å²) in [7, 11) is 0.